The number of carbonyl (C=O) groups excluding carboxylic acids is 2. The quantitative estimate of drug-likeness (QED) is 0.611. The Kier molecular flexibility index (Phi) is 3.19. The van der Waals surface area contributed by atoms with E-state index in [1.807, 2.05) is 4.90 Å². The lowest BCUT2D eigenvalue weighted by molar-refractivity contribution is -0.138. The standard InChI is InChI=1S/C12H17NO2/c14-11-6-8-13(9-7-11)12(15)10-4-2-1-3-5-10/h1-2,10H,3-9H2. The number of likely N-dealkylation sites (tertiary alicyclic amines) is 1. The number of allylic oxidation sites excluding steroid dienone is 2. The second-order valence-electron chi connectivity index (χ2n) is 4.35. The Morgan fingerprint density at radius 1 is 1.27 bits per heavy atom. The molecule has 0 radical (unpaired) electrons. The fourth-order valence-corrected chi connectivity index (χ4v) is 2.25. The highest BCUT2D eigenvalue weighted by molar-refractivity contribution is 5.84. The van der Waals surface area contributed by atoms with Crippen molar-refractivity contribution >= 4 is 11.7 Å². The minimum atomic E-state index is 0.170. The van der Waals surface area contributed by atoms with Crippen LogP contribution in [0.15, 0.2) is 12.2 Å². The van der Waals surface area contributed by atoms with Crippen molar-refractivity contribution < 1.29 is 9.59 Å². The molecule has 3 nitrogen and oxygen atoms in total. The Morgan fingerprint density at radius 3 is 2.60 bits per heavy atom. The SMILES string of the molecule is O=C1CCN(C(=O)C2CC=CCC2)CC1. The lowest BCUT2D eigenvalue weighted by Crippen LogP contribution is -2.42. The third-order valence-corrected chi connectivity index (χ3v) is 3.25. The Hall–Kier alpha value is -1.12. The number of carbonyl (C=O) groups is 2. The van der Waals surface area contributed by atoms with E-state index in [2.05, 4.69) is 12.2 Å². The van der Waals surface area contributed by atoms with E-state index in [-0.39, 0.29) is 11.8 Å². The van der Waals surface area contributed by atoms with Crippen molar-refractivity contribution in [1.29, 1.82) is 0 Å². The Bertz CT molecular complexity index is 286. The summed E-state index contributed by atoms with van der Waals surface area (Å²) < 4.78 is 0. The van der Waals surface area contributed by atoms with Gasteiger partial charge in [-0.2, -0.15) is 0 Å². The third kappa shape index (κ3) is 2.46. The van der Waals surface area contributed by atoms with E-state index >= 15 is 0 Å². The summed E-state index contributed by atoms with van der Waals surface area (Å²) in [6, 6.07) is 0. The molecule has 1 aliphatic carbocycles. The summed E-state index contributed by atoms with van der Waals surface area (Å²) in [4.78, 5) is 25.0. The first-order valence-corrected chi connectivity index (χ1v) is 5.73. The molecule has 1 fully saturated rings. The number of hydrogen-bond acceptors (Lipinski definition) is 2. The molecule has 0 spiro atoms. The second-order valence-corrected chi connectivity index (χ2v) is 4.35. The van der Waals surface area contributed by atoms with E-state index in [0.29, 0.717) is 31.7 Å². The number of hydrogen-bond donors (Lipinski definition) is 0. The highest BCUT2D eigenvalue weighted by Crippen LogP contribution is 2.21. The van der Waals surface area contributed by atoms with Crippen molar-refractivity contribution in [2.24, 2.45) is 5.92 Å². The predicted octanol–water partition coefficient (Wildman–Crippen LogP) is 1.53. The number of amides is 1. The smallest absolute Gasteiger partial charge is 0.226 e. The molecule has 0 N–H and O–H groups in total. The van der Waals surface area contributed by atoms with Crippen LogP contribution in [0.2, 0.25) is 0 Å². The van der Waals surface area contributed by atoms with Gasteiger partial charge in [-0.15, -0.1) is 0 Å². The second kappa shape index (κ2) is 4.60. The van der Waals surface area contributed by atoms with Gasteiger partial charge in [-0.25, -0.2) is 0 Å². The summed E-state index contributed by atoms with van der Waals surface area (Å²) in [7, 11) is 0. The van der Waals surface area contributed by atoms with Gasteiger partial charge in [0.25, 0.3) is 0 Å². The van der Waals surface area contributed by atoms with E-state index in [1.54, 1.807) is 0 Å². The first kappa shape index (κ1) is 10.4. The van der Waals surface area contributed by atoms with Crippen LogP contribution in [0.3, 0.4) is 0 Å². The van der Waals surface area contributed by atoms with E-state index in [9.17, 15) is 9.59 Å². The van der Waals surface area contributed by atoms with Crippen LogP contribution in [0.5, 0.6) is 0 Å². The Labute approximate surface area is 90.1 Å². The molecule has 1 unspecified atom stereocenters. The maximum atomic E-state index is 12.0. The van der Waals surface area contributed by atoms with E-state index < -0.39 is 0 Å². The first-order valence-electron chi connectivity index (χ1n) is 5.73. The van der Waals surface area contributed by atoms with Crippen molar-refractivity contribution in [3.05, 3.63) is 12.2 Å². The molecule has 0 bridgehead atoms. The van der Waals surface area contributed by atoms with Crippen LogP contribution in [0.25, 0.3) is 0 Å². The lowest BCUT2D eigenvalue weighted by Gasteiger charge is -2.30. The van der Waals surface area contributed by atoms with Gasteiger partial charge in [0.05, 0.1) is 0 Å². The Balaban J connectivity index is 1.90. The molecule has 0 aromatic carbocycles. The van der Waals surface area contributed by atoms with Gasteiger partial charge in [0.1, 0.15) is 5.78 Å². The average Bonchev–Trinajstić information content (AvgIpc) is 2.30. The largest absolute Gasteiger partial charge is 0.342 e. The Morgan fingerprint density at radius 2 is 2.00 bits per heavy atom. The van der Waals surface area contributed by atoms with Crippen LogP contribution in [0, 0.1) is 5.92 Å². The van der Waals surface area contributed by atoms with Gasteiger partial charge in [-0.3, -0.25) is 9.59 Å². The topological polar surface area (TPSA) is 37.4 Å². The van der Waals surface area contributed by atoms with Crippen LogP contribution in [-0.2, 0) is 9.59 Å². The van der Waals surface area contributed by atoms with Gasteiger partial charge < -0.3 is 4.90 Å². The number of piperidine rings is 1. The van der Waals surface area contributed by atoms with Crippen LogP contribution in [0.4, 0.5) is 0 Å². The fraction of sp³-hybridized carbons (Fsp3) is 0.667. The molecule has 2 aliphatic rings. The van der Waals surface area contributed by atoms with E-state index in [0.717, 1.165) is 19.3 Å². The summed E-state index contributed by atoms with van der Waals surface area (Å²) in [5.74, 6) is 0.720. The van der Waals surface area contributed by atoms with Gasteiger partial charge in [0, 0.05) is 31.8 Å². The van der Waals surface area contributed by atoms with Gasteiger partial charge >= 0.3 is 0 Å². The molecule has 3 heteroatoms. The van der Waals surface area contributed by atoms with Gasteiger partial charge in [-0.1, -0.05) is 12.2 Å². The van der Waals surface area contributed by atoms with E-state index in [4.69, 9.17) is 0 Å². The van der Waals surface area contributed by atoms with Crippen LogP contribution < -0.4 is 0 Å². The van der Waals surface area contributed by atoms with Crippen molar-refractivity contribution in [3.8, 4) is 0 Å². The molecule has 15 heavy (non-hydrogen) atoms. The van der Waals surface area contributed by atoms with Crippen molar-refractivity contribution in [2.75, 3.05) is 13.1 Å². The summed E-state index contributed by atoms with van der Waals surface area (Å²) in [6.45, 7) is 1.27. The molecule has 1 saturated heterocycles. The molecule has 82 valence electrons. The average molecular weight is 207 g/mol. The maximum Gasteiger partial charge on any atom is 0.226 e. The van der Waals surface area contributed by atoms with Crippen molar-refractivity contribution in [2.45, 2.75) is 32.1 Å². The van der Waals surface area contributed by atoms with Crippen molar-refractivity contribution in [1.82, 2.24) is 4.90 Å². The first-order chi connectivity index (χ1) is 7.27. The molecule has 0 aromatic heterocycles. The van der Waals surface area contributed by atoms with Crippen LogP contribution >= 0.6 is 0 Å². The summed E-state index contributed by atoms with van der Waals surface area (Å²) in [5.41, 5.74) is 0. The predicted molar refractivity (Wildman–Crippen MR) is 57.3 cm³/mol. The van der Waals surface area contributed by atoms with E-state index in [1.165, 1.54) is 0 Å². The summed E-state index contributed by atoms with van der Waals surface area (Å²) >= 11 is 0. The molecule has 0 aromatic rings. The monoisotopic (exact) mass is 207 g/mol. The minimum Gasteiger partial charge on any atom is -0.342 e. The molecular formula is C12H17NO2. The summed E-state index contributed by atoms with van der Waals surface area (Å²) in [5, 5.41) is 0. The van der Waals surface area contributed by atoms with Crippen LogP contribution in [0.1, 0.15) is 32.1 Å². The highest BCUT2D eigenvalue weighted by atomic mass is 16.2. The zero-order valence-electron chi connectivity index (χ0n) is 8.95. The van der Waals surface area contributed by atoms with Gasteiger partial charge in [0.2, 0.25) is 5.91 Å². The zero-order chi connectivity index (χ0) is 10.7. The molecule has 0 saturated carbocycles. The molecule has 1 amide bonds. The molecule has 1 atom stereocenters. The number of Topliss-reactive ketones (excluding diaryl/α,β-unsaturated/α-hetero) is 1. The number of ketones is 1. The highest BCUT2D eigenvalue weighted by Gasteiger charge is 2.26. The summed E-state index contributed by atoms with van der Waals surface area (Å²) in [6.07, 6.45) is 8.21. The molecule has 1 heterocycles. The third-order valence-electron chi connectivity index (χ3n) is 3.25. The zero-order valence-corrected chi connectivity index (χ0v) is 8.95. The van der Waals surface area contributed by atoms with Gasteiger partial charge in [0.15, 0.2) is 0 Å². The minimum absolute atomic E-state index is 0.170. The number of nitrogens with zero attached hydrogens (tertiary/aromatic N) is 1. The van der Waals surface area contributed by atoms with Crippen molar-refractivity contribution in [3.63, 3.8) is 0 Å². The normalized spacial score (nSPS) is 26.8. The van der Waals surface area contributed by atoms with Gasteiger partial charge in [-0.05, 0) is 19.3 Å². The van der Waals surface area contributed by atoms with Crippen LogP contribution in [-0.4, -0.2) is 29.7 Å². The lowest BCUT2D eigenvalue weighted by atomic mass is 9.92. The molecule has 2 rings (SSSR count). The number of rotatable bonds is 1. The maximum absolute atomic E-state index is 12.0. The molecular weight excluding hydrogens is 190 g/mol. The fourth-order valence-electron chi connectivity index (χ4n) is 2.25. The molecule has 1 aliphatic heterocycles.